The van der Waals surface area contributed by atoms with Gasteiger partial charge in [-0.15, -0.1) is 0 Å². The summed E-state index contributed by atoms with van der Waals surface area (Å²) in [7, 11) is 3.68. The van der Waals surface area contributed by atoms with Crippen LogP contribution in [-0.2, 0) is 18.2 Å². The van der Waals surface area contributed by atoms with Crippen molar-refractivity contribution in [2.45, 2.75) is 50.2 Å². The molecular formula is C17H24N2O2. The van der Waals surface area contributed by atoms with Crippen LogP contribution in [0.4, 0.5) is 0 Å². The molecule has 2 aromatic rings. The molecule has 1 heterocycles. The summed E-state index contributed by atoms with van der Waals surface area (Å²) >= 11 is 0. The normalized spacial score (nSPS) is 19.8. The van der Waals surface area contributed by atoms with E-state index in [1.54, 1.807) is 7.11 Å². The standard InChI is InChI=1S/C17H24N2O2/c1-19-15-9-5-4-8-13(15)14(18-19)12-16(20)17(21-2)10-6-3-7-11-17/h4-5,8-9,16,20H,3,6-7,10-12H2,1-2H3. The van der Waals surface area contributed by atoms with Gasteiger partial charge in [0.2, 0.25) is 0 Å². The lowest BCUT2D eigenvalue weighted by Crippen LogP contribution is -2.47. The predicted octanol–water partition coefficient (Wildman–Crippen LogP) is 2.83. The Balaban J connectivity index is 1.87. The van der Waals surface area contributed by atoms with Gasteiger partial charge in [0, 0.05) is 26.0 Å². The number of aromatic nitrogens is 2. The molecule has 1 saturated carbocycles. The minimum Gasteiger partial charge on any atom is -0.390 e. The maximum atomic E-state index is 10.8. The van der Waals surface area contributed by atoms with Crippen LogP contribution < -0.4 is 0 Å². The quantitative estimate of drug-likeness (QED) is 0.941. The molecule has 1 unspecified atom stereocenters. The number of para-hydroxylation sites is 1. The molecule has 1 aromatic heterocycles. The van der Waals surface area contributed by atoms with Crippen molar-refractivity contribution >= 4 is 10.9 Å². The van der Waals surface area contributed by atoms with Crippen LogP contribution in [0.2, 0.25) is 0 Å². The lowest BCUT2D eigenvalue weighted by atomic mass is 9.79. The summed E-state index contributed by atoms with van der Waals surface area (Å²) in [6, 6.07) is 8.17. The van der Waals surface area contributed by atoms with Crippen molar-refractivity contribution in [3.8, 4) is 0 Å². The average Bonchev–Trinajstić information content (AvgIpc) is 2.85. The Hall–Kier alpha value is -1.39. The lowest BCUT2D eigenvalue weighted by molar-refractivity contribution is -0.122. The van der Waals surface area contributed by atoms with Crippen molar-refractivity contribution in [1.82, 2.24) is 9.78 Å². The summed E-state index contributed by atoms with van der Waals surface area (Å²) < 4.78 is 7.63. The van der Waals surface area contributed by atoms with E-state index in [1.165, 1.54) is 6.42 Å². The third-order valence-corrected chi connectivity index (χ3v) is 4.93. The summed E-state index contributed by atoms with van der Waals surface area (Å²) in [6.07, 6.45) is 5.44. The molecule has 21 heavy (non-hydrogen) atoms. The minimum absolute atomic E-state index is 0.392. The van der Waals surface area contributed by atoms with Crippen LogP contribution in [0.3, 0.4) is 0 Å². The molecular weight excluding hydrogens is 264 g/mol. The van der Waals surface area contributed by atoms with E-state index in [0.29, 0.717) is 6.42 Å². The molecule has 0 radical (unpaired) electrons. The predicted molar refractivity (Wildman–Crippen MR) is 83.2 cm³/mol. The van der Waals surface area contributed by atoms with Gasteiger partial charge >= 0.3 is 0 Å². The number of hydrogen-bond donors (Lipinski definition) is 1. The van der Waals surface area contributed by atoms with Gasteiger partial charge in [0.1, 0.15) is 0 Å². The van der Waals surface area contributed by atoms with E-state index in [4.69, 9.17) is 4.74 Å². The molecule has 1 aliphatic carbocycles. The van der Waals surface area contributed by atoms with Crippen molar-refractivity contribution in [3.63, 3.8) is 0 Å². The number of methoxy groups -OCH3 is 1. The number of nitrogens with zero attached hydrogens (tertiary/aromatic N) is 2. The topological polar surface area (TPSA) is 47.3 Å². The second-order valence-corrected chi connectivity index (χ2v) is 6.14. The van der Waals surface area contributed by atoms with E-state index in [0.717, 1.165) is 42.3 Å². The maximum Gasteiger partial charge on any atom is 0.0940 e. The summed E-state index contributed by atoms with van der Waals surface area (Å²) in [5.74, 6) is 0. The molecule has 0 saturated heterocycles. The Morgan fingerprint density at radius 1 is 1.29 bits per heavy atom. The van der Waals surface area contributed by atoms with Crippen LogP contribution in [-0.4, -0.2) is 33.7 Å². The van der Waals surface area contributed by atoms with Crippen LogP contribution >= 0.6 is 0 Å². The highest BCUT2D eigenvalue weighted by atomic mass is 16.5. The summed E-state index contributed by atoms with van der Waals surface area (Å²) in [4.78, 5) is 0. The number of fused-ring (bicyclic) bond motifs is 1. The molecule has 0 aliphatic heterocycles. The third-order valence-electron chi connectivity index (χ3n) is 4.93. The first kappa shape index (κ1) is 14.5. The number of aliphatic hydroxyl groups excluding tert-OH is 1. The number of ether oxygens (including phenoxy) is 1. The molecule has 0 amide bonds. The van der Waals surface area contributed by atoms with E-state index in [-0.39, 0.29) is 0 Å². The van der Waals surface area contributed by atoms with Crippen LogP contribution in [0, 0.1) is 0 Å². The van der Waals surface area contributed by atoms with E-state index in [9.17, 15) is 5.11 Å². The molecule has 3 rings (SSSR count). The molecule has 114 valence electrons. The molecule has 1 aliphatic rings. The van der Waals surface area contributed by atoms with Crippen LogP contribution in [0.25, 0.3) is 10.9 Å². The number of aliphatic hydroxyl groups is 1. The Morgan fingerprint density at radius 2 is 2.00 bits per heavy atom. The fourth-order valence-electron chi connectivity index (χ4n) is 3.63. The van der Waals surface area contributed by atoms with E-state index in [1.807, 2.05) is 23.9 Å². The van der Waals surface area contributed by atoms with Crippen LogP contribution in [0.1, 0.15) is 37.8 Å². The first-order valence-electron chi connectivity index (χ1n) is 7.80. The van der Waals surface area contributed by atoms with Gasteiger partial charge in [0.25, 0.3) is 0 Å². The first-order valence-corrected chi connectivity index (χ1v) is 7.80. The van der Waals surface area contributed by atoms with Crippen molar-refractivity contribution in [2.75, 3.05) is 7.11 Å². The van der Waals surface area contributed by atoms with E-state index < -0.39 is 11.7 Å². The second-order valence-electron chi connectivity index (χ2n) is 6.14. The minimum atomic E-state index is -0.499. The first-order chi connectivity index (χ1) is 10.2. The van der Waals surface area contributed by atoms with Gasteiger partial charge in [-0.2, -0.15) is 5.10 Å². The molecule has 0 bridgehead atoms. The van der Waals surface area contributed by atoms with Gasteiger partial charge in [-0.05, 0) is 18.9 Å². The Morgan fingerprint density at radius 3 is 2.71 bits per heavy atom. The largest absolute Gasteiger partial charge is 0.390 e. The molecule has 1 aromatic carbocycles. The highest BCUT2D eigenvalue weighted by Gasteiger charge is 2.39. The monoisotopic (exact) mass is 288 g/mol. The van der Waals surface area contributed by atoms with Gasteiger partial charge in [0.05, 0.1) is 22.9 Å². The maximum absolute atomic E-state index is 10.8. The summed E-state index contributed by atoms with van der Waals surface area (Å²) in [6.45, 7) is 0. The Bertz CT molecular complexity index is 614. The van der Waals surface area contributed by atoms with Crippen molar-refractivity contribution < 1.29 is 9.84 Å². The average molecular weight is 288 g/mol. The fraction of sp³-hybridized carbons (Fsp3) is 0.588. The zero-order valence-corrected chi connectivity index (χ0v) is 12.9. The molecule has 1 atom stereocenters. The number of rotatable bonds is 4. The summed E-state index contributed by atoms with van der Waals surface area (Å²) in [5, 5.41) is 16.5. The van der Waals surface area contributed by atoms with Gasteiger partial charge in [-0.3, -0.25) is 4.68 Å². The van der Waals surface area contributed by atoms with Gasteiger partial charge < -0.3 is 9.84 Å². The smallest absolute Gasteiger partial charge is 0.0940 e. The highest BCUT2D eigenvalue weighted by Crippen LogP contribution is 2.35. The molecule has 4 nitrogen and oxygen atoms in total. The van der Waals surface area contributed by atoms with Crippen molar-refractivity contribution in [1.29, 1.82) is 0 Å². The van der Waals surface area contributed by atoms with Crippen molar-refractivity contribution in [2.24, 2.45) is 7.05 Å². The number of aryl methyl sites for hydroxylation is 1. The lowest BCUT2D eigenvalue weighted by Gasteiger charge is -2.39. The van der Waals surface area contributed by atoms with Crippen LogP contribution in [0.5, 0.6) is 0 Å². The number of benzene rings is 1. The van der Waals surface area contributed by atoms with Crippen LogP contribution in [0.15, 0.2) is 24.3 Å². The van der Waals surface area contributed by atoms with Gasteiger partial charge in [-0.25, -0.2) is 0 Å². The van der Waals surface area contributed by atoms with E-state index >= 15 is 0 Å². The van der Waals surface area contributed by atoms with E-state index in [2.05, 4.69) is 17.2 Å². The van der Waals surface area contributed by atoms with Gasteiger partial charge in [0.15, 0.2) is 0 Å². The molecule has 1 fully saturated rings. The van der Waals surface area contributed by atoms with Gasteiger partial charge in [-0.1, -0.05) is 37.5 Å². The molecule has 0 spiro atoms. The Kier molecular flexibility index (Phi) is 4.00. The summed E-state index contributed by atoms with van der Waals surface area (Å²) in [5.41, 5.74) is 1.68. The molecule has 4 heteroatoms. The SMILES string of the molecule is COC1(C(O)Cc2nn(C)c3ccccc23)CCCCC1. The van der Waals surface area contributed by atoms with Crippen molar-refractivity contribution in [3.05, 3.63) is 30.0 Å². The second kappa shape index (κ2) is 5.78. The highest BCUT2D eigenvalue weighted by molar-refractivity contribution is 5.81. The molecule has 1 N–H and O–H groups in total. The third kappa shape index (κ3) is 2.58. The fourth-order valence-corrected chi connectivity index (χ4v) is 3.63. The zero-order chi connectivity index (χ0) is 14.9. The Labute approximate surface area is 125 Å². The zero-order valence-electron chi connectivity index (χ0n) is 12.9. The number of hydrogen-bond acceptors (Lipinski definition) is 3.